The van der Waals surface area contributed by atoms with Crippen LogP contribution in [0.5, 0.6) is 17.2 Å². The summed E-state index contributed by atoms with van der Waals surface area (Å²) < 4.78 is 24.3. The first kappa shape index (κ1) is 21.2. The van der Waals surface area contributed by atoms with Gasteiger partial charge in [-0.3, -0.25) is 0 Å². The third-order valence-electron chi connectivity index (χ3n) is 4.04. The largest absolute Gasteiger partial charge is 0.702 e. The monoisotopic (exact) mass is 420 g/mol. The fraction of sp³-hybridized carbons (Fsp3) is 0.125. The average Bonchev–Trinajstić information content (AvgIpc) is 2.75. The van der Waals surface area contributed by atoms with Gasteiger partial charge in [-0.15, -0.1) is 0 Å². The number of carbonyl (C=O) groups excluding carboxylic acids is 1. The van der Waals surface area contributed by atoms with Crippen molar-refractivity contribution >= 4 is 14.8 Å². The van der Waals surface area contributed by atoms with Gasteiger partial charge in [0.25, 0.3) is 0 Å². The summed E-state index contributed by atoms with van der Waals surface area (Å²) in [5.41, 5.74) is 0.333. The molecule has 0 aliphatic rings. The summed E-state index contributed by atoms with van der Waals surface area (Å²) in [6, 6.07) is 28.2. The Labute approximate surface area is 177 Å². The highest BCUT2D eigenvalue weighted by atomic mass is 28.4. The van der Waals surface area contributed by atoms with Crippen LogP contribution in [0.25, 0.3) is 0 Å². The minimum atomic E-state index is -3.43. The van der Waals surface area contributed by atoms with Crippen LogP contribution in [-0.4, -0.2) is 21.4 Å². The van der Waals surface area contributed by atoms with Crippen molar-refractivity contribution in [3.8, 4) is 17.2 Å². The maximum Gasteiger partial charge on any atom is 0.702 e. The maximum atomic E-state index is 11.9. The summed E-state index contributed by atoms with van der Waals surface area (Å²) in [7, 11) is -3.43. The Balaban J connectivity index is 1.92. The molecule has 6 heteroatoms. The van der Waals surface area contributed by atoms with Crippen LogP contribution in [0.1, 0.15) is 6.92 Å². The molecule has 0 unspecified atom stereocenters. The minimum absolute atomic E-state index is 0.0738. The van der Waals surface area contributed by atoms with Crippen LogP contribution in [0.15, 0.2) is 103 Å². The molecule has 0 amide bonds. The molecule has 0 aliphatic heterocycles. The highest BCUT2D eigenvalue weighted by Crippen LogP contribution is 2.26. The van der Waals surface area contributed by atoms with Crippen LogP contribution >= 0.6 is 0 Å². The highest BCUT2D eigenvalue weighted by molar-refractivity contribution is 6.63. The molecule has 0 fully saturated rings. The molecule has 0 bridgehead atoms. The third kappa shape index (κ3) is 6.25. The Kier molecular flexibility index (Phi) is 7.29. The van der Waals surface area contributed by atoms with Gasteiger partial charge in [-0.1, -0.05) is 61.2 Å². The molecule has 5 nitrogen and oxygen atoms in total. The average molecular weight is 421 g/mol. The fourth-order valence-electron chi connectivity index (χ4n) is 2.61. The van der Waals surface area contributed by atoms with E-state index in [0.717, 1.165) is 0 Å². The lowest BCUT2D eigenvalue weighted by Crippen LogP contribution is -2.55. The van der Waals surface area contributed by atoms with Crippen molar-refractivity contribution in [2.45, 2.75) is 13.0 Å². The van der Waals surface area contributed by atoms with Crippen molar-refractivity contribution < 1.29 is 22.8 Å². The SMILES string of the molecule is C=C(C)C(=O)OCC[Si](Oc1ccccc1)(Oc1ccccc1)Oc1ccccc1. The molecule has 30 heavy (non-hydrogen) atoms. The second kappa shape index (κ2) is 10.3. The van der Waals surface area contributed by atoms with Gasteiger partial charge in [0.2, 0.25) is 0 Å². The van der Waals surface area contributed by atoms with E-state index in [1.807, 2.05) is 91.0 Å². The molecule has 3 rings (SSSR count). The van der Waals surface area contributed by atoms with Crippen LogP contribution in [0, 0.1) is 0 Å². The van der Waals surface area contributed by atoms with Gasteiger partial charge in [-0.05, 0) is 43.3 Å². The summed E-state index contributed by atoms with van der Waals surface area (Å²) in [6.45, 7) is 5.30. The van der Waals surface area contributed by atoms with Crippen LogP contribution in [0.4, 0.5) is 0 Å². The van der Waals surface area contributed by atoms with Crippen molar-refractivity contribution in [1.82, 2.24) is 0 Å². The maximum absolute atomic E-state index is 11.9. The van der Waals surface area contributed by atoms with Crippen LogP contribution in [0.3, 0.4) is 0 Å². The molecule has 0 heterocycles. The topological polar surface area (TPSA) is 54.0 Å². The van der Waals surface area contributed by atoms with Crippen molar-refractivity contribution in [1.29, 1.82) is 0 Å². The number of esters is 1. The third-order valence-corrected chi connectivity index (χ3v) is 6.50. The van der Waals surface area contributed by atoms with Crippen LogP contribution < -0.4 is 13.3 Å². The van der Waals surface area contributed by atoms with E-state index in [-0.39, 0.29) is 12.7 Å². The molecule has 0 saturated carbocycles. The van der Waals surface area contributed by atoms with Gasteiger partial charge < -0.3 is 18.0 Å². The summed E-state index contributed by atoms with van der Waals surface area (Å²) >= 11 is 0. The molecule has 3 aromatic rings. The van der Waals surface area contributed by atoms with Crippen LogP contribution in [-0.2, 0) is 9.53 Å². The van der Waals surface area contributed by atoms with Crippen molar-refractivity contribution in [3.63, 3.8) is 0 Å². The molecule has 0 aromatic heterocycles. The molecule has 0 saturated heterocycles. The molecule has 154 valence electrons. The number of carbonyl (C=O) groups is 1. The van der Waals surface area contributed by atoms with Crippen molar-refractivity contribution in [3.05, 3.63) is 103 Å². The van der Waals surface area contributed by atoms with Gasteiger partial charge >= 0.3 is 14.8 Å². The number of rotatable bonds is 10. The van der Waals surface area contributed by atoms with Crippen molar-refractivity contribution in [2.24, 2.45) is 0 Å². The standard InChI is InChI=1S/C24H24O5Si/c1-20(2)24(25)26-18-19-30(27-21-12-6-3-7-13-21,28-22-14-8-4-9-15-22)29-23-16-10-5-11-17-23/h3-17H,1,18-19H2,2H3. The number of hydrogen-bond acceptors (Lipinski definition) is 5. The normalized spacial score (nSPS) is 10.7. The number of benzene rings is 3. The minimum Gasteiger partial charge on any atom is -0.483 e. The molecule has 3 aromatic carbocycles. The Morgan fingerprint density at radius 3 is 1.43 bits per heavy atom. The predicted molar refractivity (Wildman–Crippen MR) is 118 cm³/mol. The number of hydrogen-bond donors (Lipinski definition) is 0. The Morgan fingerprint density at radius 2 is 1.10 bits per heavy atom. The first-order valence-electron chi connectivity index (χ1n) is 9.61. The molecular formula is C24H24O5Si. The smallest absolute Gasteiger partial charge is 0.483 e. The molecular weight excluding hydrogens is 396 g/mol. The van der Waals surface area contributed by atoms with Gasteiger partial charge in [0.15, 0.2) is 0 Å². The van der Waals surface area contributed by atoms with E-state index in [4.69, 9.17) is 18.0 Å². The zero-order valence-electron chi connectivity index (χ0n) is 16.8. The Bertz CT molecular complexity index is 844. The number of ether oxygens (including phenoxy) is 1. The van der Waals surface area contributed by atoms with Gasteiger partial charge in [0.1, 0.15) is 17.2 Å². The molecule has 0 N–H and O–H groups in total. The summed E-state index contributed by atoms with van der Waals surface area (Å²) in [5.74, 6) is 1.38. The van der Waals surface area contributed by atoms with Gasteiger partial charge in [0, 0.05) is 5.57 Å². The zero-order chi connectivity index (χ0) is 21.2. The Hall–Kier alpha value is -3.51. The lowest BCUT2D eigenvalue weighted by atomic mass is 10.3. The lowest BCUT2D eigenvalue weighted by Gasteiger charge is -2.30. The summed E-state index contributed by atoms with van der Waals surface area (Å²) in [5, 5.41) is 0. The fourth-order valence-corrected chi connectivity index (χ4v) is 4.88. The first-order valence-corrected chi connectivity index (χ1v) is 11.5. The zero-order valence-corrected chi connectivity index (χ0v) is 17.8. The lowest BCUT2D eigenvalue weighted by molar-refractivity contribution is -0.138. The first-order chi connectivity index (χ1) is 14.6. The summed E-state index contributed by atoms with van der Waals surface area (Å²) in [6.07, 6.45) is 0. The second-order valence-corrected chi connectivity index (χ2v) is 9.07. The van der Waals surface area contributed by atoms with E-state index in [9.17, 15) is 4.79 Å². The number of para-hydroxylation sites is 3. The van der Waals surface area contributed by atoms with E-state index in [2.05, 4.69) is 6.58 Å². The summed E-state index contributed by atoms with van der Waals surface area (Å²) in [4.78, 5) is 11.9. The van der Waals surface area contributed by atoms with Gasteiger partial charge in [0.05, 0.1) is 12.7 Å². The second-order valence-electron chi connectivity index (χ2n) is 6.59. The highest BCUT2D eigenvalue weighted by Gasteiger charge is 2.49. The van der Waals surface area contributed by atoms with Gasteiger partial charge in [-0.2, -0.15) is 0 Å². The van der Waals surface area contributed by atoms with Crippen LogP contribution in [0.2, 0.25) is 6.04 Å². The van der Waals surface area contributed by atoms with E-state index >= 15 is 0 Å². The molecule has 0 aliphatic carbocycles. The molecule has 0 atom stereocenters. The van der Waals surface area contributed by atoms with E-state index in [1.54, 1.807) is 6.92 Å². The van der Waals surface area contributed by atoms with E-state index in [1.165, 1.54) is 0 Å². The van der Waals surface area contributed by atoms with Crippen molar-refractivity contribution in [2.75, 3.05) is 6.61 Å². The molecule has 0 spiro atoms. The van der Waals surface area contributed by atoms with Gasteiger partial charge in [-0.25, -0.2) is 4.79 Å². The predicted octanol–water partition coefficient (Wildman–Crippen LogP) is 5.28. The molecule has 0 radical (unpaired) electrons. The Morgan fingerprint density at radius 1 is 0.733 bits per heavy atom. The van der Waals surface area contributed by atoms with E-state index in [0.29, 0.717) is 22.8 Å². The van der Waals surface area contributed by atoms with E-state index < -0.39 is 14.8 Å². The quantitative estimate of drug-likeness (QED) is 0.254.